The fourth-order valence-electron chi connectivity index (χ4n) is 2.81. The Labute approximate surface area is 157 Å². The highest BCUT2D eigenvalue weighted by Crippen LogP contribution is 2.23. The molecule has 0 aliphatic heterocycles. The van der Waals surface area contributed by atoms with E-state index in [0.717, 1.165) is 29.8 Å². The first-order valence-corrected chi connectivity index (χ1v) is 8.80. The van der Waals surface area contributed by atoms with Gasteiger partial charge in [-0.15, -0.1) is 5.10 Å². The zero-order chi connectivity index (χ0) is 19.2. The topological polar surface area (TPSA) is 95.6 Å². The number of carbonyl (C=O) groups is 1. The van der Waals surface area contributed by atoms with Gasteiger partial charge in [0.05, 0.1) is 11.7 Å². The number of carbonyl (C=O) groups excluding carboxylic acids is 1. The van der Waals surface area contributed by atoms with Gasteiger partial charge >= 0.3 is 0 Å². The number of hydrazone groups is 1. The summed E-state index contributed by atoms with van der Waals surface area (Å²) in [5.41, 5.74) is 5.42. The van der Waals surface area contributed by atoms with E-state index in [2.05, 4.69) is 39.6 Å². The van der Waals surface area contributed by atoms with Crippen LogP contribution in [0.25, 0.3) is 11.0 Å². The molecule has 0 fully saturated rings. The van der Waals surface area contributed by atoms with Gasteiger partial charge in [0.15, 0.2) is 0 Å². The van der Waals surface area contributed by atoms with Crippen molar-refractivity contribution in [1.82, 2.24) is 20.4 Å². The molecule has 2 aromatic carbocycles. The highest BCUT2D eigenvalue weighted by molar-refractivity contribution is 5.86. The van der Waals surface area contributed by atoms with Crippen molar-refractivity contribution in [3.05, 3.63) is 48.0 Å². The zero-order valence-corrected chi connectivity index (χ0v) is 15.3. The number of nitrogens with one attached hydrogen (secondary N) is 1. The average Bonchev–Trinajstić information content (AvgIpc) is 3.07. The van der Waals surface area contributed by atoms with Crippen LogP contribution in [0.2, 0.25) is 0 Å². The Balaban J connectivity index is 1.62. The summed E-state index contributed by atoms with van der Waals surface area (Å²) in [4.78, 5) is 14.2. The summed E-state index contributed by atoms with van der Waals surface area (Å²) in [6.07, 6.45) is 1.42. The van der Waals surface area contributed by atoms with Gasteiger partial charge in [0.25, 0.3) is 5.91 Å². The molecule has 1 amide bonds. The second-order valence-electron chi connectivity index (χ2n) is 5.94. The van der Waals surface area contributed by atoms with Gasteiger partial charge in [0, 0.05) is 30.4 Å². The number of amides is 1. The maximum absolute atomic E-state index is 12.1. The molecule has 0 aliphatic carbocycles. The van der Waals surface area contributed by atoms with Crippen LogP contribution in [-0.4, -0.2) is 45.3 Å². The first kappa shape index (κ1) is 18.4. The largest absolute Gasteiger partial charge is 0.507 e. The summed E-state index contributed by atoms with van der Waals surface area (Å²) in [7, 11) is 0. The first-order chi connectivity index (χ1) is 13.1. The standard InChI is InChI=1S/C19H22N6O2/c1-3-24(4-2)15-10-9-14(18(26)11-15)12-20-22-19(27)13-25-17-8-6-5-7-16(17)21-23-25/h5-12,26H,3-4,13H2,1-2H3,(H,22,27)/b20-12+. The summed E-state index contributed by atoms with van der Waals surface area (Å²) >= 11 is 0. The summed E-state index contributed by atoms with van der Waals surface area (Å²) < 4.78 is 1.51. The number of hydrogen-bond donors (Lipinski definition) is 2. The molecule has 0 radical (unpaired) electrons. The van der Waals surface area contributed by atoms with E-state index in [1.807, 2.05) is 30.3 Å². The van der Waals surface area contributed by atoms with Gasteiger partial charge < -0.3 is 10.0 Å². The molecular weight excluding hydrogens is 344 g/mol. The minimum atomic E-state index is -0.332. The third kappa shape index (κ3) is 4.22. The molecule has 0 spiro atoms. The molecule has 0 atom stereocenters. The molecule has 2 N–H and O–H groups in total. The van der Waals surface area contributed by atoms with Crippen molar-refractivity contribution in [3.63, 3.8) is 0 Å². The van der Waals surface area contributed by atoms with Gasteiger partial charge in [-0.3, -0.25) is 4.79 Å². The highest BCUT2D eigenvalue weighted by Gasteiger charge is 2.08. The molecule has 1 heterocycles. The van der Waals surface area contributed by atoms with Crippen LogP contribution in [-0.2, 0) is 11.3 Å². The molecule has 0 bridgehead atoms. The quantitative estimate of drug-likeness (QED) is 0.493. The molecule has 0 unspecified atom stereocenters. The third-order valence-electron chi connectivity index (χ3n) is 4.25. The smallest absolute Gasteiger partial charge is 0.261 e. The number of para-hydroxylation sites is 1. The summed E-state index contributed by atoms with van der Waals surface area (Å²) in [5.74, 6) is -0.221. The lowest BCUT2D eigenvalue weighted by molar-refractivity contribution is -0.121. The number of phenols is 1. The SMILES string of the molecule is CCN(CC)c1ccc(/C=N/NC(=O)Cn2nnc3ccccc32)c(O)c1. The lowest BCUT2D eigenvalue weighted by atomic mass is 10.2. The molecule has 0 saturated heterocycles. The summed E-state index contributed by atoms with van der Waals surface area (Å²) in [6.45, 7) is 5.84. The number of anilines is 1. The molecule has 3 aromatic rings. The summed E-state index contributed by atoms with van der Waals surface area (Å²) in [5, 5.41) is 22.1. The molecule has 3 rings (SSSR count). The number of nitrogens with zero attached hydrogens (tertiary/aromatic N) is 5. The molecule has 140 valence electrons. The average molecular weight is 366 g/mol. The Hall–Kier alpha value is -3.42. The highest BCUT2D eigenvalue weighted by atomic mass is 16.3. The fourth-order valence-corrected chi connectivity index (χ4v) is 2.81. The Kier molecular flexibility index (Phi) is 5.65. The van der Waals surface area contributed by atoms with Crippen molar-refractivity contribution in [2.45, 2.75) is 20.4 Å². The van der Waals surface area contributed by atoms with E-state index in [1.54, 1.807) is 12.1 Å². The molecule has 1 aromatic heterocycles. The molecule has 0 aliphatic rings. The van der Waals surface area contributed by atoms with E-state index in [9.17, 15) is 9.90 Å². The number of phenolic OH excluding ortho intramolecular Hbond substituents is 1. The summed E-state index contributed by atoms with van der Waals surface area (Å²) in [6, 6.07) is 12.8. The number of rotatable bonds is 7. The van der Waals surface area contributed by atoms with E-state index in [1.165, 1.54) is 10.9 Å². The van der Waals surface area contributed by atoms with Crippen LogP contribution in [0, 0.1) is 0 Å². The number of hydrogen-bond acceptors (Lipinski definition) is 6. The molecule has 8 heteroatoms. The van der Waals surface area contributed by atoms with Crippen molar-refractivity contribution in [3.8, 4) is 5.75 Å². The molecular formula is C19H22N6O2. The normalized spacial score (nSPS) is 11.2. The maximum Gasteiger partial charge on any atom is 0.261 e. The van der Waals surface area contributed by atoms with Crippen LogP contribution in [0.1, 0.15) is 19.4 Å². The second-order valence-corrected chi connectivity index (χ2v) is 5.94. The van der Waals surface area contributed by atoms with E-state index in [0.29, 0.717) is 5.56 Å². The number of benzene rings is 2. The fraction of sp³-hybridized carbons (Fsp3) is 0.263. The molecule has 8 nitrogen and oxygen atoms in total. The number of aromatic nitrogens is 3. The lowest BCUT2D eigenvalue weighted by Crippen LogP contribution is -2.23. The van der Waals surface area contributed by atoms with Crippen LogP contribution >= 0.6 is 0 Å². The molecule has 27 heavy (non-hydrogen) atoms. The Morgan fingerprint density at radius 3 is 2.78 bits per heavy atom. The van der Waals surface area contributed by atoms with Crippen LogP contribution < -0.4 is 10.3 Å². The Morgan fingerprint density at radius 1 is 1.26 bits per heavy atom. The maximum atomic E-state index is 12.1. The van der Waals surface area contributed by atoms with E-state index >= 15 is 0 Å². The van der Waals surface area contributed by atoms with Crippen LogP contribution in [0.5, 0.6) is 5.75 Å². The van der Waals surface area contributed by atoms with Gasteiger partial charge in [-0.05, 0) is 38.1 Å². The number of fused-ring (bicyclic) bond motifs is 1. The zero-order valence-electron chi connectivity index (χ0n) is 15.3. The first-order valence-electron chi connectivity index (χ1n) is 8.80. The number of aromatic hydroxyl groups is 1. The van der Waals surface area contributed by atoms with E-state index < -0.39 is 0 Å². The minimum absolute atomic E-state index is 0.00470. The van der Waals surface area contributed by atoms with Gasteiger partial charge in [0.1, 0.15) is 17.8 Å². The molecule has 0 saturated carbocycles. The Morgan fingerprint density at radius 2 is 2.04 bits per heavy atom. The third-order valence-corrected chi connectivity index (χ3v) is 4.25. The Bertz CT molecular complexity index is 962. The lowest BCUT2D eigenvalue weighted by Gasteiger charge is -2.21. The van der Waals surface area contributed by atoms with Crippen molar-refractivity contribution in [2.24, 2.45) is 5.10 Å². The van der Waals surface area contributed by atoms with Gasteiger partial charge in [-0.1, -0.05) is 17.3 Å². The van der Waals surface area contributed by atoms with Crippen molar-refractivity contribution in [2.75, 3.05) is 18.0 Å². The van der Waals surface area contributed by atoms with Crippen LogP contribution in [0.3, 0.4) is 0 Å². The van der Waals surface area contributed by atoms with Crippen molar-refractivity contribution >= 4 is 28.8 Å². The van der Waals surface area contributed by atoms with Gasteiger partial charge in [-0.25, -0.2) is 10.1 Å². The van der Waals surface area contributed by atoms with Crippen LogP contribution in [0.15, 0.2) is 47.6 Å². The monoisotopic (exact) mass is 366 g/mol. The van der Waals surface area contributed by atoms with Crippen molar-refractivity contribution in [1.29, 1.82) is 0 Å². The van der Waals surface area contributed by atoms with Gasteiger partial charge in [-0.2, -0.15) is 5.10 Å². The predicted octanol–water partition coefficient (Wildman–Crippen LogP) is 2.13. The van der Waals surface area contributed by atoms with Crippen LogP contribution in [0.4, 0.5) is 5.69 Å². The van der Waals surface area contributed by atoms with Gasteiger partial charge in [0.2, 0.25) is 0 Å². The van der Waals surface area contributed by atoms with Crippen molar-refractivity contribution < 1.29 is 9.90 Å². The van der Waals surface area contributed by atoms with E-state index in [4.69, 9.17) is 0 Å². The van der Waals surface area contributed by atoms with E-state index in [-0.39, 0.29) is 18.2 Å². The minimum Gasteiger partial charge on any atom is -0.507 e. The predicted molar refractivity (Wildman–Crippen MR) is 105 cm³/mol. The second kappa shape index (κ2) is 8.31.